The Balaban J connectivity index is 1.73. The number of nitrogens with zero attached hydrogens (tertiary/aromatic N) is 1. The van der Waals surface area contributed by atoms with Crippen LogP contribution in [-0.4, -0.2) is 30.1 Å². The van der Waals surface area contributed by atoms with E-state index in [1.165, 1.54) is 29.4 Å². The van der Waals surface area contributed by atoms with Crippen molar-refractivity contribution in [2.75, 3.05) is 18.4 Å². The summed E-state index contributed by atoms with van der Waals surface area (Å²) in [5, 5.41) is 6.25. The second kappa shape index (κ2) is 5.74. The summed E-state index contributed by atoms with van der Waals surface area (Å²) in [6, 6.07) is 14.3. The van der Waals surface area contributed by atoms with E-state index < -0.39 is 0 Å². The molecule has 20 heavy (non-hydrogen) atoms. The van der Waals surface area contributed by atoms with E-state index in [0.717, 1.165) is 11.0 Å². The fraction of sp³-hybridized carbons (Fsp3) is 0.412. The molecule has 1 heterocycles. The highest BCUT2D eigenvalue weighted by Crippen LogP contribution is 2.24. The second-order valence-corrected chi connectivity index (χ2v) is 6.84. The van der Waals surface area contributed by atoms with Gasteiger partial charge in [0.05, 0.1) is 0 Å². The van der Waals surface area contributed by atoms with E-state index in [0.29, 0.717) is 12.1 Å². The molecule has 1 unspecified atom stereocenters. The lowest BCUT2D eigenvalue weighted by molar-refractivity contribution is 0.274. The number of likely N-dealkylation sites (tertiary alicyclic amines) is 1. The van der Waals surface area contributed by atoms with Crippen LogP contribution in [0.1, 0.15) is 20.3 Å². The molecule has 3 heteroatoms. The summed E-state index contributed by atoms with van der Waals surface area (Å²) in [6.45, 7) is 6.90. The van der Waals surface area contributed by atoms with Crippen molar-refractivity contribution < 1.29 is 0 Å². The SMILES string of the molecule is CC(C)N1CCC(Nc2ccc3cc(Br)ccc3c2)C1. The van der Waals surface area contributed by atoms with Gasteiger partial charge < -0.3 is 5.32 Å². The van der Waals surface area contributed by atoms with E-state index in [1.54, 1.807) is 0 Å². The highest BCUT2D eigenvalue weighted by molar-refractivity contribution is 9.10. The Labute approximate surface area is 129 Å². The van der Waals surface area contributed by atoms with Gasteiger partial charge in [-0.25, -0.2) is 0 Å². The lowest BCUT2D eigenvalue weighted by Gasteiger charge is -2.21. The largest absolute Gasteiger partial charge is 0.381 e. The van der Waals surface area contributed by atoms with Crippen LogP contribution >= 0.6 is 15.9 Å². The number of hydrogen-bond donors (Lipinski definition) is 1. The topological polar surface area (TPSA) is 15.3 Å². The van der Waals surface area contributed by atoms with E-state index in [1.807, 2.05) is 0 Å². The highest BCUT2D eigenvalue weighted by Gasteiger charge is 2.23. The van der Waals surface area contributed by atoms with Crippen molar-refractivity contribution in [1.29, 1.82) is 0 Å². The van der Waals surface area contributed by atoms with Gasteiger partial charge in [0.25, 0.3) is 0 Å². The molecular formula is C17H21BrN2. The monoisotopic (exact) mass is 332 g/mol. The molecule has 0 aliphatic carbocycles. The van der Waals surface area contributed by atoms with Crippen LogP contribution in [0.4, 0.5) is 5.69 Å². The van der Waals surface area contributed by atoms with E-state index in [2.05, 4.69) is 76.4 Å². The van der Waals surface area contributed by atoms with Crippen LogP contribution in [0.15, 0.2) is 40.9 Å². The molecule has 1 N–H and O–H groups in total. The molecule has 1 aliphatic heterocycles. The molecule has 0 spiro atoms. The Morgan fingerprint density at radius 1 is 1.15 bits per heavy atom. The second-order valence-electron chi connectivity index (χ2n) is 5.92. The predicted molar refractivity (Wildman–Crippen MR) is 90.4 cm³/mol. The van der Waals surface area contributed by atoms with Gasteiger partial charge in [-0.1, -0.05) is 28.1 Å². The summed E-state index contributed by atoms with van der Waals surface area (Å²) in [7, 11) is 0. The van der Waals surface area contributed by atoms with Crippen LogP contribution in [0.2, 0.25) is 0 Å². The third-order valence-corrected chi connectivity index (χ3v) is 4.62. The summed E-state index contributed by atoms with van der Waals surface area (Å²) >= 11 is 3.52. The van der Waals surface area contributed by atoms with Crippen LogP contribution < -0.4 is 5.32 Å². The third kappa shape index (κ3) is 2.99. The molecule has 1 atom stereocenters. The van der Waals surface area contributed by atoms with E-state index >= 15 is 0 Å². The highest BCUT2D eigenvalue weighted by atomic mass is 79.9. The predicted octanol–water partition coefficient (Wildman–Crippen LogP) is 4.50. The fourth-order valence-corrected chi connectivity index (χ4v) is 3.30. The number of anilines is 1. The molecule has 0 radical (unpaired) electrons. The molecule has 0 amide bonds. The van der Waals surface area contributed by atoms with Gasteiger partial charge in [-0.3, -0.25) is 4.90 Å². The first-order valence-corrected chi connectivity index (χ1v) is 8.11. The molecule has 1 saturated heterocycles. The van der Waals surface area contributed by atoms with Crippen molar-refractivity contribution in [2.24, 2.45) is 0 Å². The number of benzene rings is 2. The molecule has 1 aliphatic rings. The maximum Gasteiger partial charge on any atom is 0.0400 e. The molecule has 0 saturated carbocycles. The van der Waals surface area contributed by atoms with E-state index in [-0.39, 0.29) is 0 Å². The third-order valence-electron chi connectivity index (χ3n) is 4.12. The summed E-state index contributed by atoms with van der Waals surface area (Å²) in [5.41, 5.74) is 1.23. The zero-order valence-corrected chi connectivity index (χ0v) is 13.7. The Bertz CT molecular complexity index is 609. The van der Waals surface area contributed by atoms with Gasteiger partial charge in [-0.05, 0) is 55.3 Å². The first kappa shape index (κ1) is 13.9. The lowest BCUT2D eigenvalue weighted by Crippen LogP contribution is -2.31. The maximum absolute atomic E-state index is 3.68. The Morgan fingerprint density at radius 2 is 1.90 bits per heavy atom. The Kier molecular flexibility index (Phi) is 3.99. The average Bonchev–Trinajstić information content (AvgIpc) is 2.88. The first-order valence-electron chi connectivity index (χ1n) is 7.32. The number of rotatable bonds is 3. The minimum atomic E-state index is 0.574. The minimum Gasteiger partial charge on any atom is -0.381 e. The number of fused-ring (bicyclic) bond motifs is 1. The van der Waals surface area contributed by atoms with Gasteiger partial charge in [0.15, 0.2) is 0 Å². The van der Waals surface area contributed by atoms with Gasteiger partial charge in [-0.15, -0.1) is 0 Å². The van der Waals surface area contributed by atoms with E-state index in [9.17, 15) is 0 Å². The quantitative estimate of drug-likeness (QED) is 0.890. The first-order chi connectivity index (χ1) is 9.61. The average molecular weight is 333 g/mol. The smallest absolute Gasteiger partial charge is 0.0400 e. The molecule has 2 nitrogen and oxygen atoms in total. The molecule has 106 valence electrons. The normalized spacial score (nSPS) is 19.9. The minimum absolute atomic E-state index is 0.574. The Hall–Kier alpha value is -1.06. The van der Waals surface area contributed by atoms with Gasteiger partial charge in [-0.2, -0.15) is 0 Å². The number of nitrogens with one attached hydrogen (secondary N) is 1. The molecule has 0 aromatic heterocycles. The molecule has 1 fully saturated rings. The van der Waals surface area contributed by atoms with Crippen LogP contribution in [0.3, 0.4) is 0 Å². The zero-order chi connectivity index (χ0) is 14.1. The summed E-state index contributed by atoms with van der Waals surface area (Å²) in [6.07, 6.45) is 1.23. The van der Waals surface area contributed by atoms with Gasteiger partial charge in [0.1, 0.15) is 0 Å². The maximum atomic E-state index is 3.68. The zero-order valence-electron chi connectivity index (χ0n) is 12.1. The van der Waals surface area contributed by atoms with Crippen molar-refractivity contribution in [3.05, 3.63) is 40.9 Å². The van der Waals surface area contributed by atoms with Crippen LogP contribution in [-0.2, 0) is 0 Å². The van der Waals surface area contributed by atoms with Crippen molar-refractivity contribution in [3.8, 4) is 0 Å². The standard InChI is InChI=1S/C17H21BrN2/c1-12(2)20-8-7-17(11-20)19-16-6-4-13-9-15(18)5-3-14(13)10-16/h3-6,9-10,12,17,19H,7-8,11H2,1-2H3. The number of halogens is 1. The molecule has 0 bridgehead atoms. The van der Waals surface area contributed by atoms with Crippen LogP contribution in [0.25, 0.3) is 10.8 Å². The van der Waals surface area contributed by atoms with Crippen molar-refractivity contribution in [2.45, 2.75) is 32.4 Å². The summed E-state index contributed by atoms with van der Waals surface area (Å²) in [4.78, 5) is 2.54. The van der Waals surface area contributed by atoms with Gasteiger partial charge >= 0.3 is 0 Å². The molecular weight excluding hydrogens is 312 g/mol. The summed E-state index contributed by atoms with van der Waals surface area (Å²) in [5.74, 6) is 0. The molecule has 2 aromatic rings. The lowest BCUT2D eigenvalue weighted by atomic mass is 10.1. The van der Waals surface area contributed by atoms with Gasteiger partial charge in [0, 0.05) is 35.3 Å². The van der Waals surface area contributed by atoms with Crippen molar-refractivity contribution in [1.82, 2.24) is 4.90 Å². The van der Waals surface area contributed by atoms with Crippen LogP contribution in [0.5, 0.6) is 0 Å². The van der Waals surface area contributed by atoms with Crippen molar-refractivity contribution in [3.63, 3.8) is 0 Å². The molecule has 2 aromatic carbocycles. The summed E-state index contributed by atoms with van der Waals surface area (Å²) < 4.78 is 1.13. The molecule has 3 rings (SSSR count). The van der Waals surface area contributed by atoms with E-state index in [4.69, 9.17) is 0 Å². The van der Waals surface area contributed by atoms with Crippen LogP contribution in [0, 0.1) is 0 Å². The van der Waals surface area contributed by atoms with Crippen molar-refractivity contribution >= 4 is 32.4 Å². The number of hydrogen-bond acceptors (Lipinski definition) is 2. The van der Waals surface area contributed by atoms with Gasteiger partial charge in [0.2, 0.25) is 0 Å². The fourth-order valence-electron chi connectivity index (χ4n) is 2.92. The Morgan fingerprint density at radius 3 is 2.65 bits per heavy atom.